The van der Waals surface area contributed by atoms with Gasteiger partial charge in [-0.05, 0) is 24.1 Å². The van der Waals surface area contributed by atoms with Crippen LogP contribution in [-0.2, 0) is 9.53 Å². The number of amides is 1. The van der Waals surface area contributed by atoms with Crippen LogP contribution in [0.15, 0.2) is 12.3 Å². The molecule has 2 aromatic heterocycles. The van der Waals surface area contributed by atoms with Gasteiger partial charge in [0.25, 0.3) is 0 Å². The van der Waals surface area contributed by atoms with Crippen molar-refractivity contribution in [3.63, 3.8) is 0 Å². The molecule has 9 nitrogen and oxygen atoms in total. The lowest BCUT2D eigenvalue weighted by Gasteiger charge is -2.35. The van der Waals surface area contributed by atoms with Crippen molar-refractivity contribution < 1.29 is 19.4 Å². The molecular formula is C14H16ClN5O4. The number of methoxy groups -OCH3 is 1. The molecule has 3 rings (SSSR count). The summed E-state index contributed by atoms with van der Waals surface area (Å²) < 4.78 is 4.76. The van der Waals surface area contributed by atoms with E-state index in [1.54, 1.807) is 12.3 Å². The van der Waals surface area contributed by atoms with E-state index in [1.807, 2.05) is 0 Å². The van der Waals surface area contributed by atoms with Crippen LogP contribution in [0, 0.1) is 5.92 Å². The molecular weight excluding hydrogens is 338 g/mol. The van der Waals surface area contributed by atoms with Gasteiger partial charge < -0.3 is 25.0 Å². The van der Waals surface area contributed by atoms with Crippen LogP contribution in [0.25, 0.3) is 11.0 Å². The van der Waals surface area contributed by atoms with Gasteiger partial charge >= 0.3 is 12.1 Å². The van der Waals surface area contributed by atoms with E-state index < -0.39 is 18.0 Å². The summed E-state index contributed by atoms with van der Waals surface area (Å²) in [5.41, 5.74) is 0.577. The van der Waals surface area contributed by atoms with E-state index in [0.717, 1.165) is 5.39 Å². The molecule has 0 bridgehead atoms. The highest BCUT2D eigenvalue weighted by Gasteiger charge is 2.34. The Morgan fingerprint density at radius 1 is 1.46 bits per heavy atom. The number of carbonyl (C=O) groups excluding carboxylic acids is 1. The number of nitrogens with one attached hydrogen (secondary N) is 2. The van der Waals surface area contributed by atoms with Gasteiger partial charge in [-0.3, -0.25) is 4.79 Å². The van der Waals surface area contributed by atoms with E-state index in [4.69, 9.17) is 16.3 Å². The Morgan fingerprint density at radius 2 is 2.25 bits per heavy atom. The summed E-state index contributed by atoms with van der Waals surface area (Å²) in [5.74, 6) is -0.469. The molecule has 0 saturated carbocycles. The number of ether oxygens (including phenoxy) is 1. The molecule has 0 aliphatic carbocycles. The minimum absolute atomic E-state index is 0.0721. The van der Waals surface area contributed by atoms with E-state index in [0.29, 0.717) is 17.9 Å². The highest BCUT2D eigenvalue weighted by Crippen LogP contribution is 2.25. The maximum Gasteiger partial charge on any atom is 0.407 e. The van der Waals surface area contributed by atoms with Crippen molar-refractivity contribution in [3.05, 3.63) is 17.5 Å². The number of H-pyrrole nitrogens is 1. The first-order chi connectivity index (χ1) is 11.5. The van der Waals surface area contributed by atoms with Gasteiger partial charge in [0, 0.05) is 25.3 Å². The van der Waals surface area contributed by atoms with Crippen LogP contribution >= 0.6 is 11.6 Å². The molecule has 128 valence electrons. The maximum absolute atomic E-state index is 11.8. The lowest BCUT2D eigenvalue weighted by molar-refractivity contribution is -0.147. The predicted octanol–water partition coefficient (Wildman–Crippen LogP) is 1.56. The van der Waals surface area contributed by atoms with Gasteiger partial charge in [-0.25, -0.2) is 9.78 Å². The number of fused-ring (bicyclic) bond motifs is 1. The summed E-state index contributed by atoms with van der Waals surface area (Å²) in [6.45, 7) is 0.348. The Bertz CT molecular complexity index is 780. The van der Waals surface area contributed by atoms with Gasteiger partial charge in [0.2, 0.25) is 5.28 Å². The van der Waals surface area contributed by atoms with Crippen LogP contribution in [0.1, 0.15) is 6.42 Å². The number of esters is 1. The van der Waals surface area contributed by atoms with Crippen molar-refractivity contribution in [1.29, 1.82) is 0 Å². The molecule has 0 spiro atoms. The molecule has 0 aromatic carbocycles. The standard InChI is InChI=1S/C14H16ClN5O4/c1-24-12(21)7-4-8(6-20(5-7)14(22)23)17-11-9-2-3-16-10(9)18-13(15)19-11/h2-3,7-8H,4-6H2,1H3,(H,22,23)(H2,16,17,18,19). The first-order valence-electron chi connectivity index (χ1n) is 7.30. The van der Waals surface area contributed by atoms with Gasteiger partial charge in [0.1, 0.15) is 11.5 Å². The molecule has 2 unspecified atom stereocenters. The minimum Gasteiger partial charge on any atom is -0.469 e. The second-order valence-electron chi connectivity index (χ2n) is 5.57. The second-order valence-corrected chi connectivity index (χ2v) is 5.90. The van der Waals surface area contributed by atoms with Crippen LogP contribution in [0.5, 0.6) is 0 Å². The highest BCUT2D eigenvalue weighted by atomic mass is 35.5. The van der Waals surface area contributed by atoms with Crippen LogP contribution < -0.4 is 5.32 Å². The Balaban J connectivity index is 1.85. The topological polar surface area (TPSA) is 120 Å². The fourth-order valence-electron chi connectivity index (χ4n) is 2.91. The second kappa shape index (κ2) is 6.52. The number of anilines is 1. The van der Waals surface area contributed by atoms with Crippen molar-refractivity contribution in [2.45, 2.75) is 12.5 Å². The number of nitrogens with zero attached hydrogens (tertiary/aromatic N) is 3. The number of rotatable bonds is 3. The summed E-state index contributed by atoms with van der Waals surface area (Å²) in [5, 5.41) is 13.3. The van der Waals surface area contributed by atoms with Crippen molar-refractivity contribution in [2.24, 2.45) is 5.92 Å². The molecule has 2 aromatic rings. The number of halogens is 1. The Hall–Kier alpha value is -2.55. The van der Waals surface area contributed by atoms with Crippen molar-refractivity contribution in [3.8, 4) is 0 Å². The smallest absolute Gasteiger partial charge is 0.407 e. The van der Waals surface area contributed by atoms with Gasteiger partial charge in [0.05, 0.1) is 18.4 Å². The molecule has 1 saturated heterocycles. The first-order valence-corrected chi connectivity index (χ1v) is 7.68. The number of hydrogen-bond acceptors (Lipinski definition) is 6. The SMILES string of the molecule is COC(=O)C1CC(Nc2nc(Cl)nc3[nH]ccc23)CN(C(=O)O)C1. The summed E-state index contributed by atoms with van der Waals surface area (Å²) in [4.78, 5) is 35.5. The van der Waals surface area contributed by atoms with Crippen molar-refractivity contribution in [2.75, 3.05) is 25.5 Å². The molecule has 10 heteroatoms. The summed E-state index contributed by atoms with van der Waals surface area (Å²) in [7, 11) is 1.29. The molecule has 0 radical (unpaired) electrons. The molecule has 1 amide bonds. The van der Waals surface area contributed by atoms with E-state index in [1.165, 1.54) is 12.0 Å². The number of piperidine rings is 1. The Labute approximate surface area is 142 Å². The van der Waals surface area contributed by atoms with E-state index >= 15 is 0 Å². The fraction of sp³-hybridized carbons (Fsp3) is 0.429. The molecule has 1 fully saturated rings. The number of aromatic nitrogens is 3. The number of aromatic amines is 1. The van der Waals surface area contributed by atoms with Crippen molar-refractivity contribution in [1.82, 2.24) is 19.9 Å². The lowest BCUT2D eigenvalue weighted by Crippen LogP contribution is -2.50. The number of likely N-dealkylation sites (tertiary alicyclic amines) is 1. The van der Waals surface area contributed by atoms with E-state index in [2.05, 4.69) is 20.3 Å². The zero-order valence-electron chi connectivity index (χ0n) is 12.8. The molecule has 2 atom stereocenters. The van der Waals surface area contributed by atoms with Crippen LogP contribution in [-0.4, -0.2) is 63.3 Å². The summed E-state index contributed by atoms with van der Waals surface area (Å²) in [6.07, 6.45) is 1.06. The summed E-state index contributed by atoms with van der Waals surface area (Å²) >= 11 is 5.92. The van der Waals surface area contributed by atoms with Gasteiger partial charge in [-0.15, -0.1) is 0 Å². The van der Waals surface area contributed by atoms with Crippen LogP contribution in [0.3, 0.4) is 0 Å². The van der Waals surface area contributed by atoms with E-state index in [-0.39, 0.29) is 24.4 Å². The number of carbonyl (C=O) groups is 2. The van der Waals surface area contributed by atoms with Gasteiger partial charge in [-0.2, -0.15) is 4.98 Å². The summed E-state index contributed by atoms with van der Waals surface area (Å²) in [6, 6.07) is 1.49. The monoisotopic (exact) mass is 353 g/mol. The zero-order chi connectivity index (χ0) is 17.3. The molecule has 3 heterocycles. The predicted molar refractivity (Wildman–Crippen MR) is 86.0 cm³/mol. The van der Waals surface area contributed by atoms with Crippen LogP contribution in [0.2, 0.25) is 5.28 Å². The first kappa shape index (κ1) is 16.3. The Morgan fingerprint density at radius 3 is 2.96 bits per heavy atom. The maximum atomic E-state index is 11.8. The molecule has 24 heavy (non-hydrogen) atoms. The lowest BCUT2D eigenvalue weighted by atomic mass is 9.94. The average molecular weight is 354 g/mol. The third-order valence-electron chi connectivity index (χ3n) is 3.98. The fourth-order valence-corrected chi connectivity index (χ4v) is 3.08. The number of carboxylic acid groups (broad SMARTS) is 1. The Kier molecular flexibility index (Phi) is 4.43. The third-order valence-corrected chi connectivity index (χ3v) is 4.15. The molecule has 1 aliphatic heterocycles. The number of hydrogen-bond donors (Lipinski definition) is 3. The normalized spacial score (nSPS) is 20.8. The largest absolute Gasteiger partial charge is 0.469 e. The van der Waals surface area contributed by atoms with Crippen molar-refractivity contribution >= 4 is 40.5 Å². The molecule has 1 aliphatic rings. The van der Waals surface area contributed by atoms with E-state index in [9.17, 15) is 14.7 Å². The quantitative estimate of drug-likeness (QED) is 0.565. The minimum atomic E-state index is -1.08. The van der Waals surface area contributed by atoms with Crippen LogP contribution in [0.4, 0.5) is 10.6 Å². The van der Waals surface area contributed by atoms with Gasteiger partial charge in [0.15, 0.2) is 0 Å². The van der Waals surface area contributed by atoms with Gasteiger partial charge in [-0.1, -0.05) is 0 Å². The highest BCUT2D eigenvalue weighted by molar-refractivity contribution is 6.28. The average Bonchev–Trinajstić information content (AvgIpc) is 3.02. The zero-order valence-corrected chi connectivity index (χ0v) is 13.6. The third kappa shape index (κ3) is 3.21. The molecule has 3 N–H and O–H groups in total.